The van der Waals surface area contributed by atoms with Crippen LogP contribution in [0.1, 0.15) is 0 Å². The van der Waals surface area contributed by atoms with Crippen molar-refractivity contribution in [2.24, 2.45) is 0 Å². The Hall–Kier alpha value is -6.82. The molecule has 252 valence electrons. The van der Waals surface area contributed by atoms with Crippen molar-refractivity contribution in [2.75, 3.05) is 0 Å². The van der Waals surface area contributed by atoms with Crippen LogP contribution in [0.5, 0.6) is 0 Å². The van der Waals surface area contributed by atoms with Crippen molar-refractivity contribution in [2.45, 2.75) is 9.79 Å². The molecule has 0 spiro atoms. The lowest BCUT2D eigenvalue weighted by molar-refractivity contribution is 1.07. The first kappa shape index (κ1) is 30.8. The molecule has 10 aromatic rings. The maximum absolute atomic E-state index is 5.21. The van der Waals surface area contributed by atoms with Crippen molar-refractivity contribution < 1.29 is 0 Å². The minimum absolute atomic E-state index is 0.647. The second-order valence-corrected chi connectivity index (χ2v) is 14.6. The largest absolute Gasteiger partial charge is 0.309 e. The molecule has 2 aromatic heterocycles. The van der Waals surface area contributed by atoms with Crippen molar-refractivity contribution in [3.63, 3.8) is 0 Å². The molecule has 0 amide bonds. The maximum Gasteiger partial charge on any atom is 0.165 e. The van der Waals surface area contributed by atoms with Gasteiger partial charge in [0, 0.05) is 48.0 Å². The predicted octanol–water partition coefficient (Wildman–Crippen LogP) is 12.9. The molecule has 0 fully saturated rings. The van der Waals surface area contributed by atoms with Crippen LogP contribution in [-0.4, -0.2) is 19.5 Å². The predicted molar refractivity (Wildman–Crippen MR) is 223 cm³/mol. The van der Waals surface area contributed by atoms with Gasteiger partial charge in [0.15, 0.2) is 17.5 Å². The summed E-state index contributed by atoms with van der Waals surface area (Å²) in [6.07, 6.45) is 0. The van der Waals surface area contributed by atoms with E-state index in [-0.39, 0.29) is 0 Å². The fourth-order valence-corrected chi connectivity index (χ4v) is 9.24. The van der Waals surface area contributed by atoms with Gasteiger partial charge in [0.2, 0.25) is 0 Å². The van der Waals surface area contributed by atoms with E-state index in [4.69, 9.17) is 15.0 Å². The molecule has 8 aromatic carbocycles. The summed E-state index contributed by atoms with van der Waals surface area (Å²) in [5.74, 6) is 1.96. The van der Waals surface area contributed by atoms with Gasteiger partial charge in [-0.25, -0.2) is 15.0 Å². The summed E-state index contributed by atoms with van der Waals surface area (Å²) in [5.41, 5.74) is 11.2. The average Bonchev–Trinajstić information content (AvgIpc) is 3.58. The van der Waals surface area contributed by atoms with Crippen LogP contribution >= 0.6 is 11.8 Å². The van der Waals surface area contributed by atoms with E-state index in [1.807, 2.05) is 24.3 Å². The van der Waals surface area contributed by atoms with Gasteiger partial charge >= 0.3 is 0 Å². The summed E-state index contributed by atoms with van der Waals surface area (Å²) in [6.45, 7) is 0. The maximum atomic E-state index is 5.21. The number of nitrogens with zero attached hydrogens (tertiary/aromatic N) is 4. The van der Waals surface area contributed by atoms with Crippen molar-refractivity contribution in [1.29, 1.82) is 0 Å². The number of benzene rings is 8. The Bertz CT molecular complexity index is 3020. The highest BCUT2D eigenvalue weighted by Crippen LogP contribution is 2.52. The Morgan fingerprint density at radius 1 is 0.370 bits per heavy atom. The molecule has 0 aliphatic carbocycles. The van der Waals surface area contributed by atoms with Gasteiger partial charge in [0.1, 0.15) is 0 Å². The molecular weight excluding hydrogens is 677 g/mol. The molecule has 0 atom stereocenters. The van der Waals surface area contributed by atoms with Crippen LogP contribution in [-0.2, 0) is 0 Å². The number of hydrogen-bond acceptors (Lipinski definition) is 4. The highest BCUT2D eigenvalue weighted by atomic mass is 32.2. The van der Waals surface area contributed by atoms with Gasteiger partial charge in [0.05, 0.1) is 16.7 Å². The Labute approximate surface area is 316 Å². The minimum Gasteiger partial charge on any atom is -0.309 e. The van der Waals surface area contributed by atoms with E-state index in [0.29, 0.717) is 17.5 Å². The van der Waals surface area contributed by atoms with E-state index in [9.17, 15) is 0 Å². The fourth-order valence-electron chi connectivity index (χ4n) is 8.00. The van der Waals surface area contributed by atoms with Crippen molar-refractivity contribution in [1.82, 2.24) is 19.5 Å². The molecule has 0 N–H and O–H groups in total. The van der Waals surface area contributed by atoms with Crippen LogP contribution in [0.3, 0.4) is 0 Å². The molecule has 0 saturated carbocycles. The summed E-state index contributed by atoms with van der Waals surface area (Å²) in [6, 6.07) is 64.3. The molecule has 0 unspecified atom stereocenters. The standard InChI is InChI=1S/C49H30N4S/c1-3-14-31(15-4-1)33-18-11-19-34(30-33)48-50-47(32-16-5-2-6-17-32)51-49(52-48)40-25-13-23-38-37-22-12-24-39-43(28-29-44(45(37)39)54-46(38)40)53-41-26-9-7-20-35(41)36-21-8-10-27-42(36)53/h1-30H. The van der Waals surface area contributed by atoms with Gasteiger partial charge in [-0.2, -0.15) is 0 Å². The number of fused-ring (bicyclic) bond motifs is 5. The molecule has 5 heteroatoms. The first-order valence-electron chi connectivity index (χ1n) is 18.1. The van der Waals surface area contributed by atoms with E-state index in [1.165, 1.54) is 54.3 Å². The second kappa shape index (κ2) is 12.4. The first-order chi connectivity index (χ1) is 26.8. The molecule has 1 aliphatic rings. The van der Waals surface area contributed by atoms with Crippen molar-refractivity contribution in [3.8, 4) is 62.1 Å². The van der Waals surface area contributed by atoms with E-state index in [1.54, 1.807) is 11.8 Å². The van der Waals surface area contributed by atoms with Gasteiger partial charge in [-0.3, -0.25) is 0 Å². The Balaban J connectivity index is 1.10. The van der Waals surface area contributed by atoms with E-state index < -0.39 is 0 Å². The van der Waals surface area contributed by atoms with Crippen LogP contribution in [0.2, 0.25) is 0 Å². The van der Waals surface area contributed by atoms with Gasteiger partial charge in [0.25, 0.3) is 0 Å². The zero-order chi connectivity index (χ0) is 35.6. The lowest BCUT2D eigenvalue weighted by Gasteiger charge is -2.24. The summed E-state index contributed by atoms with van der Waals surface area (Å²) in [4.78, 5) is 17.8. The Kier molecular flexibility index (Phi) is 7.07. The normalized spacial score (nSPS) is 12.0. The Morgan fingerprint density at radius 3 is 1.67 bits per heavy atom. The summed E-state index contributed by atoms with van der Waals surface area (Å²) < 4.78 is 2.43. The van der Waals surface area contributed by atoms with E-state index in [2.05, 4.69) is 162 Å². The van der Waals surface area contributed by atoms with E-state index >= 15 is 0 Å². The average molecular weight is 707 g/mol. The molecule has 0 bridgehead atoms. The molecule has 0 radical (unpaired) electrons. The monoisotopic (exact) mass is 706 g/mol. The third-order valence-electron chi connectivity index (χ3n) is 10.5. The summed E-state index contributed by atoms with van der Waals surface area (Å²) in [7, 11) is 0. The SMILES string of the molecule is c1ccc(-c2cccc(-c3nc(-c4ccccc4)nc(-c4cccc5c4Sc4ccc(-n6c7ccccc7c7ccccc76)c6cccc-5c46)n3)c2)cc1. The fraction of sp³-hybridized carbons (Fsp3) is 0. The summed E-state index contributed by atoms with van der Waals surface area (Å²) in [5, 5.41) is 5.02. The molecular formula is C49H30N4S. The van der Waals surface area contributed by atoms with Crippen LogP contribution < -0.4 is 0 Å². The van der Waals surface area contributed by atoms with Crippen LogP contribution in [0, 0.1) is 0 Å². The summed E-state index contributed by atoms with van der Waals surface area (Å²) >= 11 is 1.80. The third kappa shape index (κ3) is 4.90. The second-order valence-electron chi connectivity index (χ2n) is 13.6. The molecule has 54 heavy (non-hydrogen) atoms. The highest BCUT2D eigenvalue weighted by molar-refractivity contribution is 8.00. The molecule has 1 aliphatic heterocycles. The zero-order valence-corrected chi connectivity index (χ0v) is 29.8. The van der Waals surface area contributed by atoms with Gasteiger partial charge in [-0.1, -0.05) is 157 Å². The van der Waals surface area contributed by atoms with Crippen LogP contribution in [0.25, 0.3) is 94.7 Å². The molecule has 3 heterocycles. The zero-order valence-electron chi connectivity index (χ0n) is 29.0. The van der Waals surface area contributed by atoms with Crippen LogP contribution in [0.15, 0.2) is 192 Å². The number of aromatic nitrogens is 4. The van der Waals surface area contributed by atoms with Gasteiger partial charge < -0.3 is 4.57 Å². The minimum atomic E-state index is 0.647. The topological polar surface area (TPSA) is 43.6 Å². The molecule has 11 rings (SSSR count). The van der Waals surface area contributed by atoms with Crippen molar-refractivity contribution >= 4 is 44.3 Å². The highest BCUT2D eigenvalue weighted by Gasteiger charge is 2.26. The Morgan fingerprint density at radius 2 is 0.907 bits per heavy atom. The lowest BCUT2D eigenvalue weighted by Crippen LogP contribution is -2.03. The van der Waals surface area contributed by atoms with E-state index in [0.717, 1.165) is 32.7 Å². The van der Waals surface area contributed by atoms with Crippen LogP contribution in [0.4, 0.5) is 0 Å². The quantitative estimate of drug-likeness (QED) is 0.179. The number of hydrogen-bond donors (Lipinski definition) is 0. The van der Waals surface area contributed by atoms with Crippen molar-refractivity contribution in [3.05, 3.63) is 182 Å². The number of rotatable bonds is 5. The lowest BCUT2D eigenvalue weighted by atomic mass is 9.95. The molecule has 0 saturated heterocycles. The number of para-hydroxylation sites is 2. The van der Waals surface area contributed by atoms with Gasteiger partial charge in [-0.15, -0.1) is 0 Å². The first-order valence-corrected chi connectivity index (χ1v) is 18.9. The van der Waals surface area contributed by atoms with Gasteiger partial charge in [-0.05, 0) is 58.7 Å². The molecule has 4 nitrogen and oxygen atoms in total. The third-order valence-corrected chi connectivity index (χ3v) is 11.7. The smallest absolute Gasteiger partial charge is 0.165 e.